The van der Waals surface area contributed by atoms with Crippen LogP contribution in [0.15, 0.2) is 12.1 Å². The topological polar surface area (TPSA) is 40.5 Å². The molecule has 0 atom stereocenters. The summed E-state index contributed by atoms with van der Waals surface area (Å²) in [6, 6.07) is 3.72. The van der Waals surface area contributed by atoms with Crippen LogP contribution in [0.3, 0.4) is 0 Å². The smallest absolute Gasteiger partial charge is 0.119 e. The van der Waals surface area contributed by atoms with Gasteiger partial charge in [0.05, 0.1) is 0 Å². The Bertz CT molecular complexity index is 657. The second-order valence-corrected chi connectivity index (χ2v) is 13.5. The molecule has 0 amide bonds. The third kappa shape index (κ3) is 14.3. The van der Waals surface area contributed by atoms with E-state index in [9.17, 15) is 10.2 Å². The lowest BCUT2D eigenvalue weighted by atomic mass is 9.75. The first-order chi connectivity index (χ1) is 18.2. The van der Waals surface area contributed by atoms with Crippen LogP contribution in [-0.4, -0.2) is 10.2 Å². The van der Waals surface area contributed by atoms with Crippen molar-refractivity contribution < 1.29 is 10.2 Å². The van der Waals surface area contributed by atoms with E-state index in [1.807, 2.05) is 12.1 Å². The van der Waals surface area contributed by atoms with Gasteiger partial charge in [-0.2, -0.15) is 0 Å². The highest BCUT2D eigenvalue weighted by Gasteiger charge is 2.29. The second kappa shape index (κ2) is 19.8. The molecule has 0 aromatic heterocycles. The molecule has 0 radical (unpaired) electrons. The van der Waals surface area contributed by atoms with E-state index >= 15 is 0 Å². The SMILES string of the molecule is CCCCCCCCCCCCC(C)(C)c1cc(O)c(C(C)(C)CCCCCCCCCCCC)cc1O. The minimum absolute atomic E-state index is 0.138. The van der Waals surface area contributed by atoms with Crippen LogP contribution in [0.1, 0.15) is 194 Å². The van der Waals surface area contributed by atoms with Crippen molar-refractivity contribution in [3.05, 3.63) is 23.3 Å². The van der Waals surface area contributed by atoms with Crippen molar-refractivity contribution in [2.45, 2.75) is 194 Å². The molecule has 0 unspecified atom stereocenters. The van der Waals surface area contributed by atoms with Crippen LogP contribution in [0.25, 0.3) is 0 Å². The first-order valence-corrected chi connectivity index (χ1v) is 16.7. The minimum Gasteiger partial charge on any atom is -0.508 e. The Kier molecular flexibility index (Phi) is 18.2. The number of aromatic hydroxyl groups is 2. The van der Waals surface area contributed by atoms with Crippen LogP contribution in [0.4, 0.5) is 0 Å². The highest BCUT2D eigenvalue weighted by molar-refractivity contribution is 5.50. The van der Waals surface area contributed by atoms with Crippen molar-refractivity contribution in [3.63, 3.8) is 0 Å². The molecule has 0 aliphatic carbocycles. The quantitative estimate of drug-likeness (QED) is 0.103. The van der Waals surface area contributed by atoms with Gasteiger partial charge in [0.15, 0.2) is 0 Å². The Morgan fingerprint density at radius 1 is 0.421 bits per heavy atom. The van der Waals surface area contributed by atoms with Gasteiger partial charge in [0.2, 0.25) is 0 Å². The lowest BCUT2D eigenvalue weighted by Gasteiger charge is -2.30. The monoisotopic (exact) mass is 531 g/mol. The molecule has 0 fully saturated rings. The summed E-state index contributed by atoms with van der Waals surface area (Å²) in [4.78, 5) is 0. The molecule has 2 N–H and O–H groups in total. The van der Waals surface area contributed by atoms with Crippen molar-refractivity contribution in [2.75, 3.05) is 0 Å². The number of phenolic OH excluding ortho intramolecular Hbond substituents is 2. The fourth-order valence-corrected chi connectivity index (χ4v) is 6.04. The lowest BCUT2D eigenvalue weighted by molar-refractivity contribution is 0.380. The summed E-state index contributed by atoms with van der Waals surface area (Å²) in [5.74, 6) is 0.706. The zero-order chi connectivity index (χ0) is 28.3. The number of unbranched alkanes of at least 4 members (excludes halogenated alkanes) is 18. The van der Waals surface area contributed by atoms with E-state index < -0.39 is 0 Å². The van der Waals surface area contributed by atoms with E-state index in [-0.39, 0.29) is 10.8 Å². The van der Waals surface area contributed by atoms with E-state index in [1.165, 1.54) is 128 Å². The Morgan fingerprint density at radius 2 is 0.658 bits per heavy atom. The van der Waals surface area contributed by atoms with Gasteiger partial charge in [-0.3, -0.25) is 0 Å². The Morgan fingerprint density at radius 3 is 0.921 bits per heavy atom. The molecule has 2 nitrogen and oxygen atoms in total. The normalized spacial score (nSPS) is 12.4. The largest absolute Gasteiger partial charge is 0.508 e. The average molecular weight is 531 g/mol. The van der Waals surface area contributed by atoms with Crippen LogP contribution in [0.5, 0.6) is 11.5 Å². The molecule has 1 aromatic rings. The van der Waals surface area contributed by atoms with Crippen LogP contribution in [0.2, 0.25) is 0 Å². The van der Waals surface area contributed by atoms with E-state index in [0.717, 1.165) is 24.0 Å². The van der Waals surface area contributed by atoms with Gasteiger partial charge in [-0.25, -0.2) is 0 Å². The fourth-order valence-electron chi connectivity index (χ4n) is 6.04. The molecule has 0 spiro atoms. The van der Waals surface area contributed by atoms with Crippen LogP contribution in [0, 0.1) is 0 Å². The Balaban J connectivity index is 2.44. The maximum atomic E-state index is 11.0. The number of benzene rings is 1. The molecule has 38 heavy (non-hydrogen) atoms. The van der Waals surface area contributed by atoms with Crippen molar-refractivity contribution in [1.29, 1.82) is 0 Å². The summed E-state index contributed by atoms with van der Waals surface area (Å²) in [6.07, 6.45) is 28.8. The van der Waals surface area contributed by atoms with Gasteiger partial charge in [0.1, 0.15) is 11.5 Å². The zero-order valence-electron chi connectivity index (χ0n) is 26.6. The van der Waals surface area contributed by atoms with Gasteiger partial charge >= 0.3 is 0 Å². The summed E-state index contributed by atoms with van der Waals surface area (Å²) >= 11 is 0. The number of phenols is 2. The Labute approximate surface area is 238 Å². The zero-order valence-corrected chi connectivity index (χ0v) is 26.6. The first-order valence-electron chi connectivity index (χ1n) is 16.7. The predicted molar refractivity (Wildman–Crippen MR) is 169 cm³/mol. The number of hydrogen-bond acceptors (Lipinski definition) is 2. The van der Waals surface area contributed by atoms with Gasteiger partial charge in [-0.15, -0.1) is 0 Å². The van der Waals surface area contributed by atoms with Gasteiger partial charge in [-0.1, -0.05) is 170 Å². The molecule has 1 rings (SSSR count). The molecule has 222 valence electrons. The summed E-state index contributed by atoms with van der Waals surface area (Å²) in [7, 11) is 0. The maximum Gasteiger partial charge on any atom is 0.119 e. The van der Waals surface area contributed by atoms with Gasteiger partial charge in [-0.05, 0) is 35.8 Å². The van der Waals surface area contributed by atoms with E-state index in [4.69, 9.17) is 0 Å². The molecule has 2 heteroatoms. The molecule has 0 saturated carbocycles. The molecule has 1 aromatic carbocycles. The van der Waals surface area contributed by atoms with Crippen LogP contribution < -0.4 is 0 Å². The maximum absolute atomic E-state index is 11.0. The van der Waals surface area contributed by atoms with Gasteiger partial charge in [0.25, 0.3) is 0 Å². The minimum atomic E-state index is -0.138. The van der Waals surface area contributed by atoms with Crippen molar-refractivity contribution in [1.82, 2.24) is 0 Å². The molecule has 0 aliphatic rings. The summed E-state index contributed by atoms with van der Waals surface area (Å²) in [5.41, 5.74) is 1.51. The van der Waals surface area contributed by atoms with E-state index in [0.29, 0.717) is 11.5 Å². The molecular formula is C36H66O2. The molecule has 0 aliphatic heterocycles. The fraction of sp³-hybridized carbons (Fsp3) is 0.833. The second-order valence-electron chi connectivity index (χ2n) is 13.5. The first kappa shape index (κ1) is 34.8. The van der Waals surface area contributed by atoms with Crippen molar-refractivity contribution >= 4 is 0 Å². The van der Waals surface area contributed by atoms with Crippen molar-refractivity contribution in [3.8, 4) is 11.5 Å². The molecule has 0 heterocycles. The third-order valence-corrected chi connectivity index (χ3v) is 8.88. The van der Waals surface area contributed by atoms with Gasteiger partial charge < -0.3 is 10.2 Å². The molecule has 0 bridgehead atoms. The summed E-state index contributed by atoms with van der Waals surface area (Å²) in [6.45, 7) is 13.4. The Hall–Kier alpha value is -1.18. The van der Waals surface area contributed by atoms with Crippen LogP contribution >= 0.6 is 0 Å². The predicted octanol–water partition coefficient (Wildman–Crippen LogP) is 12.3. The lowest BCUT2D eigenvalue weighted by Crippen LogP contribution is -2.20. The highest BCUT2D eigenvalue weighted by Crippen LogP contribution is 2.43. The van der Waals surface area contributed by atoms with Crippen molar-refractivity contribution in [2.24, 2.45) is 0 Å². The standard InChI is InChI=1S/C36H66O2/c1-7-9-11-13-15-17-19-21-23-25-27-35(3,4)31-29-34(38)32(30-33(31)37)36(5,6)28-26-24-22-20-18-16-14-12-10-8-2/h29-30,37-38H,7-28H2,1-6H3. The summed E-state index contributed by atoms with van der Waals surface area (Å²) < 4.78 is 0. The third-order valence-electron chi connectivity index (χ3n) is 8.88. The van der Waals surface area contributed by atoms with Crippen LogP contribution in [-0.2, 0) is 10.8 Å². The van der Waals surface area contributed by atoms with E-state index in [2.05, 4.69) is 41.5 Å². The number of hydrogen-bond donors (Lipinski definition) is 2. The number of rotatable bonds is 24. The highest BCUT2D eigenvalue weighted by atomic mass is 16.3. The van der Waals surface area contributed by atoms with Gasteiger partial charge in [0, 0.05) is 11.1 Å². The average Bonchev–Trinajstić information content (AvgIpc) is 2.87. The molecule has 0 saturated heterocycles. The van der Waals surface area contributed by atoms with E-state index in [1.54, 1.807) is 0 Å². The summed E-state index contributed by atoms with van der Waals surface area (Å²) in [5, 5.41) is 22.0. The molecular weight excluding hydrogens is 464 g/mol.